The molecule has 1 fully saturated rings. The first-order valence-electron chi connectivity index (χ1n) is 6.71. The maximum absolute atomic E-state index is 12.2. The van der Waals surface area contributed by atoms with E-state index in [9.17, 15) is 14.4 Å². The first kappa shape index (κ1) is 15.7. The van der Waals surface area contributed by atoms with Gasteiger partial charge in [-0.05, 0) is 26.7 Å². The second-order valence-electron chi connectivity index (χ2n) is 5.44. The Bertz CT molecular complexity index is 372. The largest absolute Gasteiger partial charge is 0.466 e. The first-order valence-corrected chi connectivity index (χ1v) is 6.71. The molecule has 1 aliphatic carbocycles. The van der Waals surface area contributed by atoms with Crippen LogP contribution in [0.3, 0.4) is 0 Å². The van der Waals surface area contributed by atoms with Gasteiger partial charge in [0, 0.05) is 5.41 Å². The maximum Gasteiger partial charge on any atom is 0.316 e. The van der Waals surface area contributed by atoms with Crippen LogP contribution in [0.2, 0.25) is 0 Å². The average Bonchev–Trinajstić information content (AvgIpc) is 2.32. The molecule has 5 heteroatoms. The van der Waals surface area contributed by atoms with Gasteiger partial charge >= 0.3 is 11.9 Å². The third-order valence-electron chi connectivity index (χ3n) is 3.45. The number of carbonyl (C=O) groups is 3. The van der Waals surface area contributed by atoms with Gasteiger partial charge in [0.1, 0.15) is 5.92 Å². The molecule has 2 unspecified atom stereocenters. The topological polar surface area (TPSA) is 69.7 Å². The minimum atomic E-state index is -0.849. The second kappa shape index (κ2) is 6.17. The van der Waals surface area contributed by atoms with E-state index in [2.05, 4.69) is 0 Å². The first-order chi connectivity index (χ1) is 8.83. The quantitative estimate of drug-likeness (QED) is 0.575. The average molecular weight is 270 g/mol. The van der Waals surface area contributed by atoms with Crippen LogP contribution in [-0.2, 0) is 23.9 Å². The number of ketones is 1. The number of hydrogen-bond donors (Lipinski definition) is 0. The van der Waals surface area contributed by atoms with E-state index in [1.807, 2.05) is 0 Å². The molecule has 0 saturated heterocycles. The molecule has 0 heterocycles. The lowest BCUT2D eigenvalue weighted by atomic mass is 9.66. The number of carbonyl (C=O) groups excluding carboxylic acids is 3. The van der Waals surface area contributed by atoms with Gasteiger partial charge in [-0.3, -0.25) is 14.4 Å². The third-order valence-corrected chi connectivity index (χ3v) is 3.45. The van der Waals surface area contributed by atoms with Crippen molar-refractivity contribution in [2.24, 2.45) is 17.3 Å². The molecule has 0 aromatic rings. The summed E-state index contributed by atoms with van der Waals surface area (Å²) >= 11 is 0. The van der Waals surface area contributed by atoms with Crippen LogP contribution in [0.1, 0.15) is 40.5 Å². The summed E-state index contributed by atoms with van der Waals surface area (Å²) in [6, 6.07) is 0. The van der Waals surface area contributed by atoms with Crippen LogP contribution >= 0.6 is 0 Å². The molecule has 2 atom stereocenters. The molecule has 0 bridgehead atoms. The molecular formula is C14H22O5. The molecule has 1 aliphatic rings. The molecule has 108 valence electrons. The Morgan fingerprint density at radius 1 is 1.16 bits per heavy atom. The van der Waals surface area contributed by atoms with Gasteiger partial charge in [0.05, 0.1) is 19.1 Å². The Kier molecular flexibility index (Phi) is 5.09. The lowest BCUT2D eigenvalue weighted by Crippen LogP contribution is -2.45. The zero-order valence-electron chi connectivity index (χ0n) is 12.0. The van der Waals surface area contributed by atoms with Gasteiger partial charge in [-0.1, -0.05) is 13.8 Å². The Balaban J connectivity index is 2.89. The zero-order chi connectivity index (χ0) is 14.6. The van der Waals surface area contributed by atoms with Gasteiger partial charge in [-0.2, -0.15) is 0 Å². The van der Waals surface area contributed by atoms with E-state index in [1.165, 1.54) is 0 Å². The second-order valence-corrected chi connectivity index (χ2v) is 5.44. The normalized spacial score (nSPS) is 25.8. The van der Waals surface area contributed by atoms with Gasteiger partial charge in [-0.25, -0.2) is 0 Å². The monoisotopic (exact) mass is 270 g/mol. The molecule has 0 N–H and O–H groups in total. The van der Waals surface area contributed by atoms with Crippen LogP contribution in [0.25, 0.3) is 0 Å². The predicted molar refractivity (Wildman–Crippen MR) is 68.3 cm³/mol. The number of ether oxygens (including phenoxy) is 2. The summed E-state index contributed by atoms with van der Waals surface area (Å²) in [4.78, 5) is 35.9. The van der Waals surface area contributed by atoms with E-state index >= 15 is 0 Å². The molecule has 0 aromatic carbocycles. The van der Waals surface area contributed by atoms with Crippen molar-refractivity contribution >= 4 is 17.7 Å². The molecular weight excluding hydrogens is 248 g/mol. The van der Waals surface area contributed by atoms with E-state index < -0.39 is 23.2 Å². The summed E-state index contributed by atoms with van der Waals surface area (Å²) < 4.78 is 9.92. The highest BCUT2D eigenvalue weighted by molar-refractivity contribution is 6.03. The standard InChI is InChI=1S/C14H22O5/c1-5-18-12(16)9-7-10(13(17)19-6-2)11(15)14(3,4)8-9/h9-10H,5-8H2,1-4H3. The Hall–Kier alpha value is -1.39. The van der Waals surface area contributed by atoms with Crippen molar-refractivity contribution in [3.05, 3.63) is 0 Å². The van der Waals surface area contributed by atoms with E-state index in [0.29, 0.717) is 13.0 Å². The molecule has 0 spiro atoms. The van der Waals surface area contributed by atoms with E-state index in [1.54, 1.807) is 27.7 Å². The lowest BCUT2D eigenvalue weighted by Gasteiger charge is -2.36. The summed E-state index contributed by atoms with van der Waals surface area (Å²) in [5.74, 6) is -2.28. The van der Waals surface area contributed by atoms with Gasteiger partial charge in [0.15, 0.2) is 5.78 Å². The minimum Gasteiger partial charge on any atom is -0.466 e. The number of esters is 2. The number of rotatable bonds is 4. The molecule has 1 rings (SSSR count). The molecule has 0 amide bonds. The third kappa shape index (κ3) is 3.55. The number of hydrogen-bond acceptors (Lipinski definition) is 5. The summed E-state index contributed by atoms with van der Waals surface area (Å²) in [6.07, 6.45) is 0.612. The summed E-state index contributed by atoms with van der Waals surface area (Å²) in [7, 11) is 0. The van der Waals surface area contributed by atoms with Gasteiger partial charge in [0.25, 0.3) is 0 Å². The lowest BCUT2D eigenvalue weighted by molar-refractivity contribution is -0.162. The number of Topliss-reactive ketones (excluding diaryl/α,β-unsaturated/α-hetero) is 1. The van der Waals surface area contributed by atoms with Crippen molar-refractivity contribution in [2.45, 2.75) is 40.5 Å². The van der Waals surface area contributed by atoms with Crippen molar-refractivity contribution < 1.29 is 23.9 Å². The van der Waals surface area contributed by atoms with Crippen molar-refractivity contribution in [2.75, 3.05) is 13.2 Å². The summed E-state index contributed by atoms with van der Waals surface area (Å²) in [5, 5.41) is 0. The fourth-order valence-electron chi connectivity index (χ4n) is 2.55. The molecule has 1 saturated carbocycles. The highest BCUT2D eigenvalue weighted by Gasteiger charge is 2.47. The fourth-order valence-corrected chi connectivity index (χ4v) is 2.55. The van der Waals surface area contributed by atoms with Gasteiger partial charge in [0.2, 0.25) is 0 Å². The Morgan fingerprint density at radius 3 is 2.21 bits per heavy atom. The molecule has 0 radical (unpaired) electrons. The Morgan fingerprint density at radius 2 is 1.68 bits per heavy atom. The molecule has 19 heavy (non-hydrogen) atoms. The van der Waals surface area contributed by atoms with Gasteiger partial charge < -0.3 is 9.47 Å². The fraction of sp³-hybridized carbons (Fsp3) is 0.786. The molecule has 0 aliphatic heterocycles. The highest BCUT2D eigenvalue weighted by Crippen LogP contribution is 2.40. The van der Waals surface area contributed by atoms with E-state index in [-0.39, 0.29) is 24.8 Å². The van der Waals surface area contributed by atoms with Crippen molar-refractivity contribution in [1.29, 1.82) is 0 Å². The van der Waals surface area contributed by atoms with Crippen molar-refractivity contribution in [3.8, 4) is 0 Å². The SMILES string of the molecule is CCOC(=O)C1CC(C(=O)OCC)C(=O)C(C)(C)C1. The smallest absolute Gasteiger partial charge is 0.316 e. The predicted octanol–water partition coefficient (Wildman–Crippen LogP) is 1.73. The maximum atomic E-state index is 12.2. The van der Waals surface area contributed by atoms with E-state index in [4.69, 9.17) is 9.47 Å². The van der Waals surface area contributed by atoms with Crippen LogP contribution < -0.4 is 0 Å². The Labute approximate surface area is 113 Å². The van der Waals surface area contributed by atoms with Crippen LogP contribution in [0.4, 0.5) is 0 Å². The van der Waals surface area contributed by atoms with Crippen molar-refractivity contribution in [1.82, 2.24) is 0 Å². The highest BCUT2D eigenvalue weighted by atomic mass is 16.5. The summed E-state index contributed by atoms with van der Waals surface area (Å²) in [5.41, 5.74) is -0.701. The molecule has 5 nitrogen and oxygen atoms in total. The van der Waals surface area contributed by atoms with Gasteiger partial charge in [-0.15, -0.1) is 0 Å². The van der Waals surface area contributed by atoms with Crippen LogP contribution in [0.15, 0.2) is 0 Å². The molecule has 0 aromatic heterocycles. The van der Waals surface area contributed by atoms with Crippen LogP contribution in [-0.4, -0.2) is 30.9 Å². The minimum absolute atomic E-state index is 0.147. The van der Waals surface area contributed by atoms with E-state index in [0.717, 1.165) is 0 Å². The zero-order valence-corrected chi connectivity index (χ0v) is 12.0. The summed E-state index contributed by atoms with van der Waals surface area (Å²) in [6.45, 7) is 7.47. The van der Waals surface area contributed by atoms with Crippen LogP contribution in [0, 0.1) is 17.3 Å². The van der Waals surface area contributed by atoms with Crippen LogP contribution in [0.5, 0.6) is 0 Å². The van der Waals surface area contributed by atoms with Crippen molar-refractivity contribution in [3.63, 3.8) is 0 Å².